The van der Waals surface area contributed by atoms with Crippen LogP contribution in [0, 0.1) is 26.6 Å². The van der Waals surface area contributed by atoms with Gasteiger partial charge in [0.2, 0.25) is 5.91 Å². The number of rotatable bonds is 5. The minimum Gasteiger partial charge on any atom is -0.469 e. The number of anilines is 2. The molecule has 0 aliphatic heterocycles. The molecule has 7 nitrogen and oxygen atoms in total. The predicted molar refractivity (Wildman–Crippen MR) is 101 cm³/mol. The molecule has 8 heteroatoms. The molecule has 2 aromatic heterocycles. The average molecular weight is 385 g/mol. The van der Waals surface area contributed by atoms with Crippen LogP contribution in [-0.4, -0.2) is 17.0 Å². The number of nitrogens with zero attached hydrogens (tertiary/aromatic N) is 1. The zero-order valence-corrected chi connectivity index (χ0v) is 15.9. The van der Waals surface area contributed by atoms with Crippen molar-refractivity contribution in [3.05, 3.63) is 64.7 Å². The summed E-state index contributed by atoms with van der Waals surface area (Å²) in [6.45, 7) is 6.87. The van der Waals surface area contributed by atoms with Crippen molar-refractivity contribution < 1.29 is 22.9 Å². The molecule has 3 rings (SSSR count). The van der Waals surface area contributed by atoms with Crippen LogP contribution >= 0.6 is 0 Å². The molecule has 146 valence electrons. The summed E-state index contributed by atoms with van der Waals surface area (Å²) >= 11 is 0. The summed E-state index contributed by atoms with van der Waals surface area (Å²) in [5.74, 6) is -0.936. The molecule has 0 saturated carbocycles. The van der Waals surface area contributed by atoms with E-state index in [0.717, 1.165) is 0 Å². The standard InChI is InChI=1S/C20H20FN3O4/c1-10(18-11(2)24-28-13(18)4)19(25)22-14-5-6-16(21)17(9-14)23-20(26)15-7-8-27-12(15)3/h5-10H,1-4H3,(H,22,25)(H,23,26). The third-order valence-corrected chi connectivity index (χ3v) is 4.50. The van der Waals surface area contributed by atoms with E-state index in [1.165, 1.54) is 30.5 Å². The lowest BCUT2D eigenvalue weighted by Crippen LogP contribution is -2.20. The second kappa shape index (κ2) is 7.67. The third-order valence-electron chi connectivity index (χ3n) is 4.50. The van der Waals surface area contributed by atoms with Crippen LogP contribution in [0.1, 0.15) is 46.0 Å². The van der Waals surface area contributed by atoms with Crippen LogP contribution in [0.4, 0.5) is 15.8 Å². The maximum absolute atomic E-state index is 14.1. The second-order valence-electron chi connectivity index (χ2n) is 6.49. The number of halogens is 1. The fraction of sp³-hybridized carbons (Fsp3) is 0.250. The van der Waals surface area contributed by atoms with Crippen molar-refractivity contribution in [2.75, 3.05) is 10.6 Å². The molecule has 0 radical (unpaired) electrons. The highest BCUT2D eigenvalue weighted by Crippen LogP contribution is 2.26. The number of nitrogens with one attached hydrogen (secondary N) is 2. The number of aromatic nitrogens is 1. The van der Waals surface area contributed by atoms with Gasteiger partial charge in [0.1, 0.15) is 17.3 Å². The van der Waals surface area contributed by atoms with Crippen molar-refractivity contribution in [2.24, 2.45) is 0 Å². The lowest BCUT2D eigenvalue weighted by atomic mass is 9.98. The summed E-state index contributed by atoms with van der Waals surface area (Å²) in [4.78, 5) is 24.9. The molecule has 1 atom stereocenters. The number of hydrogen-bond donors (Lipinski definition) is 2. The van der Waals surface area contributed by atoms with Crippen molar-refractivity contribution in [3.8, 4) is 0 Å². The number of furan rings is 1. The van der Waals surface area contributed by atoms with Gasteiger partial charge in [-0.3, -0.25) is 9.59 Å². The molecular weight excluding hydrogens is 365 g/mol. The van der Waals surface area contributed by atoms with E-state index in [0.29, 0.717) is 34.0 Å². The second-order valence-corrected chi connectivity index (χ2v) is 6.49. The van der Waals surface area contributed by atoms with Crippen molar-refractivity contribution >= 4 is 23.2 Å². The molecule has 2 heterocycles. The third kappa shape index (κ3) is 3.80. The molecule has 1 aromatic carbocycles. The molecule has 0 fully saturated rings. The summed E-state index contributed by atoms with van der Waals surface area (Å²) in [7, 11) is 0. The number of amides is 2. The zero-order chi connectivity index (χ0) is 20.4. The lowest BCUT2D eigenvalue weighted by Gasteiger charge is -2.13. The van der Waals surface area contributed by atoms with Gasteiger partial charge in [-0.2, -0.15) is 0 Å². The van der Waals surface area contributed by atoms with Crippen molar-refractivity contribution in [1.82, 2.24) is 5.16 Å². The fourth-order valence-corrected chi connectivity index (χ4v) is 3.00. The first-order valence-electron chi connectivity index (χ1n) is 8.66. The zero-order valence-electron chi connectivity index (χ0n) is 15.9. The Bertz CT molecular complexity index is 1020. The predicted octanol–water partition coefficient (Wildman–Crippen LogP) is 4.33. The number of aryl methyl sites for hydroxylation is 3. The van der Waals surface area contributed by atoms with Crippen LogP contribution in [0.25, 0.3) is 0 Å². The van der Waals surface area contributed by atoms with Crippen LogP contribution in [0.2, 0.25) is 0 Å². The van der Waals surface area contributed by atoms with E-state index < -0.39 is 17.6 Å². The maximum Gasteiger partial charge on any atom is 0.259 e. The summed E-state index contributed by atoms with van der Waals surface area (Å²) in [6, 6.07) is 5.46. The molecule has 0 spiro atoms. The van der Waals surface area contributed by atoms with E-state index in [9.17, 15) is 14.0 Å². The molecule has 2 N–H and O–H groups in total. The van der Waals surface area contributed by atoms with E-state index in [1.54, 1.807) is 27.7 Å². The topological polar surface area (TPSA) is 97.4 Å². The normalized spacial score (nSPS) is 11.9. The first-order valence-corrected chi connectivity index (χ1v) is 8.66. The highest BCUT2D eigenvalue weighted by atomic mass is 19.1. The van der Waals surface area contributed by atoms with E-state index in [1.807, 2.05) is 0 Å². The van der Waals surface area contributed by atoms with Gasteiger partial charge in [-0.05, 0) is 52.0 Å². The molecule has 0 bridgehead atoms. The Morgan fingerprint density at radius 3 is 2.46 bits per heavy atom. The Morgan fingerprint density at radius 2 is 1.86 bits per heavy atom. The molecule has 28 heavy (non-hydrogen) atoms. The van der Waals surface area contributed by atoms with E-state index in [2.05, 4.69) is 15.8 Å². The van der Waals surface area contributed by atoms with Crippen LogP contribution < -0.4 is 10.6 Å². The van der Waals surface area contributed by atoms with Gasteiger partial charge in [0.15, 0.2) is 0 Å². The molecule has 0 aliphatic rings. The quantitative estimate of drug-likeness (QED) is 0.681. The molecule has 2 amide bonds. The van der Waals surface area contributed by atoms with Gasteiger partial charge < -0.3 is 19.6 Å². The average Bonchev–Trinajstić information content (AvgIpc) is 3.22. The van der Waals surface area contributed by atoms with Crippen molar-refractivity contribution in [1.29, 1.82) is 0 Å². The summed E-state index contributed by atoms with van der Waals surface area (Å²) < 4.78 is 24.3. The maximum atomic E-state index is 14.1. The Morgan fingerprint density at radius 1 is 1.11 bits per heavy atom. The van der Waals surface area contributed by atoms with Gasteiger partial charge in [0.25, 0.3) is 5.91 Å². The van der Waals surface area contributed by atoms with Gasteiger partial charge in [-0.1, -0.05) is 5.16 Å². The molecular formula is C20H20FN3O4. The van der Waals surface area contributed by atoms with Gasteiger partial charge in [0.05, 0.1) is 29.1 Å². The molecule has 3 aromatic rings. The molecule has 0 aliphatic carbocycles. The Kier molecular flexibility index (Phi) is 5.30. The Labute approximate surface area is 160 Å². The fourth-order valence-electron chi connectivity index (χ4n) is 3.00. The Balaban J connectivity index is 1.77. The van der Waals surface area contributed by atoms with Crippen LogP contribution in [0.5, 0.6) is 0 Å². The highest BCUT2D eigenvalue weighted by molar-refractivity contribution is 6.05. The van der Waals surface area contributed by atoms with Crippen molar-refractivity contribution in [2.45, 2.75) is 33.6 Å². The summed E-state index contributed by atoms with van der Waals surface area (Å²) in [6.07, 6.45) is 1.38. The largest absolute Gasteiger partial charge is 0.469 e. The first kappa shape index (κ1) is 19.3. The summed E-state index contributed by atoms with van der Waals surface area (Å²) in [5.41, 5.74) is 1.96. The van der Waals surface area contributed by atoms with Gasteiger partial charge in [-0.25, -0.2) is 4.39 Å². The van der Waals surface area contributed by atoms with E-state index in [4.69, 9.17) is 8.94 Å². The first-order chi connectivity index (χ1) is 13.3. The van der Waals surface area contributed by atoms with E-state index >= 15 is 0 Å². The molecule has 0 saturated heterocycles. The lowest BCUT2D eigenvalue weighted by molar-refractivity contribution is -0.117. The summed E-state index contributed by atoms with van der Waals surface area (Å²) in [5, 5.41) is 9.08. The van der Waals surface area contributed by atoms with Crippen LogP contribution in [-0.2, 0) is 4.79 Å². The van der Waals surface area contributed by atoms with Crippen LogP contribution in [0.15, 0.2) is 39.5 Å². The van der Waals surface area contributed by atoms with Crippen LogP contribution in [0.3, 0.4) is 0 Å². The highest BCUT2D eigenvalue weighted by Gasteiger charge is 2.23. The smallest absolute Gasteiger partial charge is 0.259 e. The number of benzene rings is 1. The van der Waals surface area contributed by atoms with Crippen molar-refractivity contribution in [3.63, 3.8) is 0 Å². The SMILES string of the molecule is Cc1noc(C)c1C(C)C(=O)Nc1ccc(F)c(NC(=O)c2ccoc2C)c1. The molecule has 1 unspecified atom stereocenters. The number of carbonyl (C=O) groups excluding carboxylic acids is 2. The van der Waals surface area contributed by atoms with Gasteiger partial charge in [-0.15, -0.1) is 0 Å². The number of carbonyl (C=O) groups is 2. The Hall–Kier alpha value is -3.42. The minimum atomic E-state index is -0.619. The monoisotopic (exact) mass is 385 g/mol. The van der Waals surface area contributed by atoms with Gasteiger partial charge in [0, 0.05) is 11.3 Å². The van der Waals surface area contributed by atoms with E-state index in [-0.39, 0.29) is 11.6 Å². The van der Waals surface area contributed by atoms with Gasteiger partial charge >= 0.3 is 0 Å². The minimum absolute atomic E-state index is 0.0478. The number of hydrogen-bond acceptors (Lipinski definition) is 5.